The van der Waals surface area contributed by atoms with E-state index in [0.29, 0.717) is 0 Å². The van der Waals surface area contributed by atoms with E-state index in [2.05, 4.69) is 24.3 Å². The average Bonchev–Trinajstić information content (AvgIpc) is 2.43. The van der Waals surface area contributed by atoms with Crippen LogP contribution in [0.15, 0.2) is 18.2 Å². The fourth-order valence-electron chi connectivity index (χ4n) is 3.11. The van der Waals surface area contributed by atoms with Crippen LogP contribution in [0.2, 0.25) is 10.0 Å². The molecule has 0 heterocycles. The van der Waals surface area contributed by atoms with E-state index < -0.39 is 0 Å². The van der Waals surface area contributed by atoms with Gasteiger partial charge in [0.25, 0.3) is 0 Å². The van der Waals surface area contributed by atoms with E-state index in [-0.39, 0.29) is 5.54 Å². The molecule has 0 aliphatic heterocycles. The lowest BCUT2D eigenvalue weighted by Gasteiger charge is -2.43. The predicted molar refractivity (Wildman–Crippen MR) is 87.7 cm³/mol. The maximum Gasteiger partial charge on any atom is 0.0465 e. The number of likely N-dealkylation sites (N-methyl/N-ethyl adjacent to an activating group) is 1. The third-order valence-electron chi connectivity index (χ3n) is 4.55. The van der Waals surface area contributed by atoms with Gasteiger partial charge in [-0.25, -0.2) is 0 Å². The third kappa shape index (κ3) is 3.67. The van der Waals surface area contributed by atoms with Gasteiger partial charge in [0.15, 0.2) is 0 Å². The molecule has 112 valence electrons. The summed E-state index contributed by atoms with van der Waals surface area (Å²) in [6.07, 6.45) is 6.55. The van der Waals surface area contributed by atoms with Crippen LogP contribution in [0, 0.1) is 0 Å². The zero-order valence-corrected chi connectivity index (χ0v) is 13.9. The molecule has 0 spiro atoms. The van der Waals surface area contributed by atoms with Crippen molar-refractivity contribution >= 4 is 23.2 Å². The average molecular weight is 315 g/mol. The smallest absolute Gasteiger partial charge is 0.0465 e. The highest BCUT2D eigenvalue weighted by Crippen LogP contribution is 2.32. The summed E-state index contributed by atoms with van der Waals surface area (Å²) in [5.41, 5.74) is 1.28. The highest BCUT2D eigenvalue weighted by Gasteiger charge is 2.33. The summed E-state index contributed by atoms with van der Waals surface area (Å²) < 4.78 is 0. The number of hydrogen-bond acceptors (Lipinski definition) is 2. The van der Waals surface area contributed by atoms with Gasteiger partial charge in [0.2, 0.25) is 0 Å². The molecule has 1 aliphatic rings. The van der Waals surface area contributed by atoms with E-state index in [0.717, 1.165) is 28.7 Å². The van der Waals surface area contributed by atoms with Gasteiger partial charge in [0.1, 0.15) is 0 Å². The largest absolute Gasteiger partial charge is 0.311 e. The first kappa shape index (κ1) is 16.1. The Bertz CT molecular complexity index is 420. The van der Waals surface area contributed by atoms with Crippen molar-refractivity contribution < 1.29 is 0 Å². The molecule has 0 atom stereocenters. The van der Waals surface area contributed by atoms with Crippen molar-refractivity contribution in [1.29, 1.82) is 0 Å². The quantitative estimate of drug-likeness (QED) is 0.869. The number of hydrogen-bond donors (Lipinski definition) is 1. The molecular formula is C16H24Cl2N2. The van der Waals surface area contributed by atoms with Crippen LogP contribution < -0.4 is 5.32 Å². The summed E-state index contributed by atoms with van der Waals surface area (Å²) in [6, 6.07) is 5.68. The molecule has 1 fully saturated rings. The first-order chi connectivity index (χ1) is 9.55. The Hall–Kier alpha value is -0.280. The van der Waals surface area contributed by atoms with E-state index in [1.54, 1.807) is 0 Å². The highest BCUT2D eigenvalue weighted by atomic mass is 35.5. The number of benzene rings is 1. The van der Waals surface area contributed by atoms with E-state index in [9.17, 15) is 0 Å². The minimum atomic E-state index is 0.284. The molecule has 1 aromatic carbocycles. The van der Waals surface area contributed by atoms with Crippen molar-refractivity contribution in [3.05, 3.63) is 33.8 Å². The molecule has 2 rings (SSSR count). The van der Waals surface area contributed by atoms with Crippen LogP contribution >= 0.6 is 23.2 Å². The van der Waals surface area contributed by atoms with E-state index in [1.807, 2.05) is 18.2 Å². The number of halogens is 2. The van der Waals surface area contributed by atoms with Gasteiger partial charge in [-0.3, -0.25) is 0 Å². The van der Waals surface area contributed by atoms with Crippen molar-refractivity contribution in [3.8, 4) is 0 Å². The molecule has 0 radical (unpaired) electrons. The van der Waals surface area contributed by atoms with E-state index in [4.69, 9.17) is 23.2 Å². The first-order valence-corrected chi connectivity index (χ1v) is 8.12. The molecule has 1 N–H and O–H groups in total. The summed E-state index contributed by atoms with van der Waals surface area (Å²) in [7, 11) is 4.38. The normalized spacial score (nSPS) is 18.4. The van der Waals surface area contributed by atoms with Gasteiger partial charge >= 0.3 is 0 Å². The number of rotatable bonds is 5. The SMILES string of the molecule is CN(C)C1(CNCc2c(Cl)cccc2Cl)CCCCC1. The van der Waals surface area contributed by atoms with Crippen LogP contribution in [-0.4, -0.2) is 31.1 Å². The molecule has 0 saturated heterocycles. The minimum Gasteiger partial charge on any atom is -0.311 e. The molecule has 1 aromatic rings. The Labute approximate surface area is 132 Å². The van der Waals surface area contributed by atoms with Gasteiger partial charge in [-0.15, -0.1) is 0 Å². The zero-order valence-electron chi connectivity index (χ0n) is 12.4. The van der Waals surface area contributed by atoms with Crippen molar-refractivity contribution in [3.63, 3.8) is 0 Å². The molecular weight excluding hydrogens is 291 g/mol. The Kier molecular flexibility index (Phi) is 5.74. The Morgan fingerprint density at radius 1 is 1.10 bits per heavy atom. The lowest BCUT2D eigenvalue weighted by Crippen LogP contribution is -2.52. The van der Waals surface area contributed by atoms with Crippen molar-refractivity contribution in [1.82, 2.24) is 10.2 Å². The summed E-state index contributed by atoms with van der Waals surface area (Å²) in [6.45, 7) is 1.72. The second kappa shape index (κ2) is 7.13. The van der Waals surface area contributed by atoms with Gasteiger partial charge < -0.3 is 10.2 Å². The van der Waals surface area contributed by atoms with Crippen molar-refractivity contribution in [2.45, 2.75) is 44.2 Å². The number of nitrogens with one attached hydrogen (secondary N) is 1. The zero-order chi connectivity index (χ0) is 14.6. The van der Waals surface area contributed by atoms with Gasteiger partial charge in [-0.05, 0) is 39.1 Å². The Morgan fingerprint density at radius 3 is 2.25 bits per heavy atom. The fraction of sp³-hybridized carbons (Fsp3) is 0.625. The summed E-state index contributed by atoms with van der Waals surface area (Å²) in [4.78, 5) is 2.38. The molecule has 1 saturated carbocycles. The van der Waals surface area contributed by atoms with Crippen LogP contribution in [0.4, 0.5) is 0 Å². The Balaban J connectivity index is 1.97. The van der Waals surface area contributed by atoms with Crippen LogP contribution in [-0.2, 0) is 6.54 Å². The summed E-state index contributed by atoms with van der Waals surface area (Å²) in [5.74, 6) is 0. The van der Waals surface area contributed by atoms with Crippen molar-refractivity contribution in [2.24, 2.45) is 0 Å². The summed E-state index contributed by atoms with van der Waals surface area (Å²) in [5, 5.41) is 5.05. The monoisotopic (exact) mass is 314 g/mol. The molecule has 0 amide bonds. The molecule has 0 unspecified atom stereocenters. The second-order valence-corrected chi connectivity index (χ2v) is 6.80. The topological polar surface area (TPSA) is 15.3 Å². The predicted octanol–water partition coefficient (Wildman–Crippen LogP) is 4.35. The van der Waals surface area contributed by atoms with E-state index in [1.165, 1.54) is 32.1 Å². The van der Waals surface area contributed by atoms with Crippen molar-refractivity contribution in [2.75, 3.05) is 20.6 Å². The van der Waals surface area contributed by atoms with E-state index >= 15 is 0 Å². The van der Waals surface area contributed by atoms with Crippen LogP contribution in [0.25, 0.3) is 0 Å². The third-order valence-corrected chi connectivity index (χ3v) is 5.26. The fourth-order valence-corrected chi connectivity index (χ4v) is 3.64. The van der Waals surface area contributed by atoms with Gasteiger partial charge in [-0.2, -0.15) is 0 Å². The molecule has 0 aromatic heterocycles. The lowest BCUT2D eigenvalue weighted by atomic mass is 9.80. The first-order valence-electron chi connectivity index (χ1n) is 7.36. The van der Waals surface area contributed by atoms with Crippen LogP contribution in [0.3, 0.4) is 0 Å². The molecule has 20 heavy (non-hydrogen) atoms. The molecule has 0 bridgehead atoms. The maximum absolute atomic E-state index is 6.21. The van der Waals surface area contributed by atoms with Gasteiger partial charge in [0.05, 0.1) is 0 Å². The van der Waals surface area contributed by atoms with Crippen LogP contribution in [0.1, 0.15) is 37.7 Å². The molecule has 1 aliphatic carbocycles. The highest BCUT2D eigenvalue weighted by molar-refractivity contribution is 6.35. The maximum atomic E-state index is 6.21. The Morgan fingerprint density at radius 2 is 1.70 bits per heavy atom. The van der Waals surface area contributed by atoms with Gasteiger partial charge in [-0.1, -0.05) is 48.5 Å². The second-order valence-electron chi connectivity index (χ2n) is 5.98. The molecule has 2 nitrogen and oxygen atoms in total. The minimum absolute atomic E-state index is 0.284. The number of nitrogens with zero attached hydrogens (tertiary/aromatic N) is 1. The van der Waals surface area contributed by atoms with Gasteiger partial charge in [0, 0.05) is 34.2 Å². The van der Waals surface area contributed by atoms with Crippen LogP contribution in [0.5, 0.6) is 0 Å². The lowest BCUT2D eigenvalue weighted by molar-refractivity contribution is 0.0984. The summed E-state index contributed by atoms with van der Waals surface area (Å²) >= 11 is 12.4. The standard InChI is InChI=1S/C16H24Cl2N2/c1-20(2)16(9-4-3-5-10-16)12-19-11-13-14(17)7-6-8-15(13)18/h6-8,19H,3-5,9-12H2,1-2H3. The molecule has 4 heteroatoms.